The number of carboxylic acid groups (broad SMARTS) is 1. The molecule has 10 heavy (non-hydrogen) atoms. The minimum Gasteiger partial charge on any atom is -0.480 e. The molecule has 0 fully saturated rings. The summed E-state index contributed by atoms with van der Waals surface area (Å²) in [5, 5.41) is 8.23. The number of halogens is 2. The lowest BCUT2D eigenvalue weighted by Crippen LogP contribution is -2.34. The molecule has 0 saturated carbocycles. The van der Waals surface area contributed by atoms with Crippen molar-refractivity contribution in [3.63, 3.8) is 0 Å². The van der Waals surface area contributed by atoms with Crippen molar-refractivity contribution >= 4 is 30.8 Å². The van der Waals surface area contributed by atoms with Crippen LogP contribution in [-0.2, 0) is 4.79 Å². The van der Waals surface area contributed by atoms with E-state index in [-0.39, 0.29) is 30.7 Å². The van der Waals surface area contributed by atoms with Gasteiger partial charge >= 0.3 is 5.97 Å². The number of carbonyl (C=O) groups is 1. The van der Waals surface area contributed by atoms with Crippen molar-refractivity contribution in [2.24, 2.45) is 11.7 Å². The van der Waals surface area contributed by atoms with Crippen molar-refractivity contribution in [2.45, 2.75) is 19.9 Å². The predicted octanol–water partition coefficient (Wildman–Crippen LogP) is 0.898. The molecule has 0 aromatic carbocycles. The number of hydrogen-bond acceptors (Lipinski definition) is 2. The first-order chi connectivity index (χ1) is 3.55. The third kappa shape index (κ3) is 6.13. The largest absolute Gasteiger partial charge is 0.480 e. The zero-order valence-electron chi connectivity index (χ0n) is 5.90. The summed E-state index contributed by atoms with van der Waals surface area (Å²) in [5.41, 5.74) is 5.16. The van der Waals surface area contributed by atoms with Crippen LogP contribution in [0.4, 0.5) is 0 Å². The van der Waals surface area contributed by atoms with Crippen molar-refractivity contribution in [3.8, 4) is 0 Å². The fraction of sp³-hybridized carbons (Fsp3) is 0.800. The van der Waals surface area contributed by atoms with Gasteiger partial charge in [-0.25, -0.2) is 0 Å². The molecule has 0 heterocycles. The molecule has 0 radical (unpaired) electrons. The molecule has 0 aliphatic heterocycles. The number of nitrogens with two attached hydrogens (primary N) is 1. The van der Waals surface area contributed by atoms with Gasteiger partial charge < -0.3 is 10.8 Å². The lowest BCUT2D eigenvalue weighted by molar-refractivity contribution is -0.139. The molecule has 1 atom stereocenters. The molecule has 64 valence electrons. The smallest absolute Gasteiger partial charge is 0.320 e. The second kappa shape index (κ2) is 7.12. The summed E-state index contributed by atoms with van der Waals surface area (Å²) < 4.78 is 0. The predicted molar refractivity (Wildman–Crippen MR) is 44.9 cm³/mol. The molecule has 3 nitrogen and oxygen atoms in total. The summed E-state index contributed by atoms with van der Waals surface area (Å²) in [6, 6.07) is -0.713. The Morgan fingerprint density at radius 3 is 1.70 bits per heavy atom. The van der Waals surface area contributed by atoms with E-state index in [1.807, 2.05) is 0 Å². The highest BCUT2D eigenvalue weighted by Crippen LogP contribution is 1.96. The van der Waals surface area contributed by atoms with Crippen molar-refractivity contribution in [3.05, 3.63) is 0 Å². The summed E-state index contributed by atoms with van der Waals surface area (Å²) in [6.07, 6.45) is 0. The molecule has 0 amide bonds. The molecule has 0 aromatic rings. The maximum absolute atomic E-state index is 10.0. The third-order valence-corrected chi connectivity index (χ3v) is 1.00. The molecule has 3 N–H and O–H groups in total. The quantitative estimate of drug-likeness (QED) is 0.679. The van der Waals surface area contributed by atoms with Crippen molar-refractivity contribution in [1.82, 2.24) is 0 Å². The molecule has 0 unspecified atom stereocenters. The number of hydrogen-bond donors (Lipinski definition) is 2. The minimum atomic E-state index is -0.931. The van der Waals surface area contributed by atoms with Gasteiger partial charge in [0, 0.05) is 0 Å². The summed E-state index contributed by atoms with van der Waals surface area (Å²) in [6.45, 7) is 3.55. The van der Waals surface area contributed by atoms with Gasteiger partial charge in [0.05, 0.1) is 0 Å². The Labute approximate surface area is 72.8 Å². The van der Waals surface area contributed by atoms with Crippen molar-refractivity contribution in [2.75, 3.05) is 0 Å². The maximum Gasteiger partial charge on any atom is 0.320 e. The van der Waals surface area contributed by atoms with E-state index in [0.717, 1.165) is 0 Å². The summed E-state index contributed by atoms with van der Waals surface area (Å²) >= 11 is 0. The van der Waals surface area contributed by atoms with Gasteiger partial charge in [0.2, 0.25) is 0 Å². The van der Waals surface area contributed by atoms with Crippen LogP contribution in [0, 0.1) is 5.92 Å². The van der Waals surface area contributed by atoms with Crippen LogP contribution in [-0.4, -0.2) is 17.1 Å². The zero-order valence-corrected chi connectivity index (χ0v) is 7.54. The Bertz CT molecular complexity index is 97.6. The summed E-state index contributed by atoms with van der Waals surface area (Å²) in [5.74, 6) is -0.910. The second-order valence-corrected chi connectivity index (χ2v) is 2.11. The average Bonchev–Trinajstić information content (AvgIpc) is 1.64. The summed E-state index contributed by atoms with van der Waals surface area (Å²) in [4.78, 5) is 10.0. The van der Waals surface area contributed by atoms with Crippen LogP contribution < -0.4 is 5.73 Å². The molecule has 0 aliphatic carbocycles. The molecule has 0 bridgehead atoms. The van der Waals surface area contributed by atoms with E-state index in [9.17, 15) is 4.79 Å². The Hall–Kier alpha value is 0.01000. The van der Waals surface area contributed by atoms with Gasteiger partial charge in [0.1, 0.15) is 6.04 Å². The van der Waals surface area contributed by atoms with E-state index >= 15 is 0 Å². The third-order valence-electron chi connectivity index (χ3n) is 1.00. The van der Waals surface area contributed by atoms with Crippen LogP contribution in [0.5, 0.6) is 0 Å². The Kier molecular flexibility index (Phi) is 11.8. The molecule has 0 aromatic heterocycles. The van der Waals surface area contributed by atoms with E-state index < -0.39 is 12.0 Å². The number of carboxylic acids is 1. The molecule has 0 rings (SSSR count). The van der Waals surface area contributed by atoms with Crippen LogP contribution in [0.15, 0.2) is 0 Å². The van der Waals surface area contributed by atoms with Gasteiger partial charge in [0.25, 0.3) is 0 Å². The topological polar surface area (TPSA) is 63.3 Å². The van der Waals surface area contributed by atoms with Crippen molar-refractivity contribution < 1.29 is 9.90 Å². The standard InChI is InChI=1S/C5H11NO2.2ClH/c1-3(2)4(6)5(7)8;;/h3-4H,6H2,1-2H3,(H,7,8);2*1H/t4-;;/m1../s1. The van der Waals surface area contributed by atoms with Crippen LogP contribution in [0.3, 0.4) is 0 Å². The molecular weight excluding hydrogens is 177 g/mol. The molecule has 0 spiro atoms. The zero-order chi connectivity index (χ0) is 6.73. The monoisotopic (exact) mass is 189 g/mol. The molecular formula is C5H13Cl2NO2. The first-order valence-corrected chi connectivity index (χ1v) is 2.54. The van der Waals surface area contributed by atoms with Gasteiger partial charge in [-0.3, -0.25) is 4.79 Å². The number of aliphatic carboxylic acids is 1. The van der Waals surface area contributed by atoms with Gasteiger partial charge in [-0.05, 0) is 5.92 Å². The Morgan fingerprint density at radius 2 is 1.70 bits per heavy atom. The van der Waals surface area contributed by atoms with Crippen LogP contribution in [0.25, 0.3) is 0 Å². The minimum absolute atomic E-state index is 0. The van der Waals surface area contributed by atoms with Crippen molar-refractivity contribution in [1.29, 1.82) is 0 Å². The van der Waals surface area contributed by atoms with Crippen LogP contribution in [0.1, 0.15) is 13.8 Å². The van der Waals surface area contributed by atoms with Gasteiger partial charge in [-0.15, -0.1) is 24.8 Å². The highest BCUT2D eigenvalue weighted by atomic mass is 35.5. The molecule has 5 heteroatoms. The Balaban J connectivity index is -0.000000245. The second-order valence-electron chi connectivity index (χ2n) is 2.11. The average molecular weight is 190 g/mol. The SMILES string of the molecule is CC(C)[C@@H](N)C(=O)O.Cl.Cl. The van der Waals surface area contributed by atoms with Gasteiger partial charge in [0.15, 0.2) is 0 Å². The first kappa shape index (κ1) is 16.5. The summed E-state index contributed by atoms with van der Waals surface area (Å²) in [7, 11) is 0. The fourth-order valence-corrected chi connectivity index (χ4v) is 0.285. The maximum atomic E-state index is 10.0. The van der Waals surface area contributed by atoms with E-state index in [1.54, 1.807) is 13.8 Å². The van der Waals surface area contributed by atoms with Crippen LogP contribution in [0.2, 0.25) is 0 Å². The van der Waals surface area contributed by atoms with E-state index in [1.165, 1.54) is 0 Å². The lowest BCUT2D eigenvalue weighted by atomic mass is 10.1. The van der Waals surface area contributed by atoms with E-state index in [4.69, 9.17) is 10.8 Å². The molecule has 0 saturated heterocycles. The Morgan fingerprint density at radius 1 is 1.40 bits per heavy atom. The van der Waals surface area contributed by atoms with E-state index in [0.29, 0.717) is 0 Å². The van der Waals surface area contributed by atoms with Crippen LogP contribution >= 0.6 is 24.8 Å². The normalized spacial score (nSPS) is 11.2. The highest BCUT2D eigenvalue weighted by molar-refractivity contribution is 5.85. The molecule has 0 aliphatic rings. The van der Waals surface area contributed by atoms with Gasteiger partial charge in [-0.2, -0.15) is 0 Å². The first-order valence-electron chi connectivity index (χ1n) is 2.54. The highest BCUT2D eigenvalue weighted by Gasteiger charge is 2.14. The number of rotatable bonds is 2. The van der Waals surface area contributed by atoms with E-state index in [2.05, 4.69) is 0 Å². The lowest BCUT2D eigenvalue weighted by Gasteiger charge is -2.07. The fourth-order valence-electron chi connectivity index (χ4n) is 0.285. The van der Waals surface area contributed by atoms with Gasteiger partial charge in [-0.1, -0.05) is 13.8 Å².